The lowest BCUT2D eigenvalue weighted by atomic mass is 10.2. The fourth-order valence-electron chi connectivity index (χ4n) is 0.886. The second kappa shape index (κ2) is 4.74. The molecule has 1 N–H and O–H groups in total. The molecule has 0 bridgehead atoms. The van der Waals surface area contributed by atoms with Gasteiger partial charge in [-0.3, -0.25) is 0 Å². The van der Waals surface area contributed by atoms with Crippen LogP contribution >= 0.6 is 31.9 Å². The van der Waals surface area contributed by atoms with E-state index < -0.39 is 13.6 Å². The van der Waals surface area contributed by atoms with Crippen LogP contribution in [0.5, 0.6) is 5.75 Å². The summed E-state index contributed by atoms with van der Waals surface area (Å²) in [6.45, 7) is 0. The summed E-state index contributed by atoms with van der Waals surface area (Å²) in [6.07, 6.45) is 0. The molecule has 0 heterocycles. The molecule has 78 valence electrons. The van der Waals surface area contributed by atoms with Gasteiger partial charge in [-0.1, -0.05) is 12.1 Å². The molecule has 1 aromatic carbocycles. The zero-order valence-corrected chi connectivity index (χ0v) is 11.2. The number of alkyl halides is 2. The Morgan fingerprint density at radius 3 is 2.21 bits per heavy atom. The van der Waals surface area contributed by atoms with Gasteiger partial charge in [-0.25, -0.2) is 4.21 Å². The Bertz CT molecular complexity index is 337. The summed E-state index contributed by atoms with van der Waals surface area (Å²) in [4.78, 5) is 0. The van der Waals surface area contributed by atoms with Gasteiger partial charge in [-0.05, 0) is 49.6 Å². The van der Waals surface area contributed by atoms with E-state index in [1.54, 1.807) is 31.4 Å². The molecule has 1 unspecified atom stereocenters. The molecular weight excluding hydrogens is 336 g/mol. The first-order chi connectivity index (χ1) is 6.48. The van der Waals surface area contributed by atoms with Crippen LogP contribution in [-0.4, -0.2) is 15.9 Å². The van der Waals surface area contributed by atoms with Gasteiger partial charge in [-0.2, -0.15) is 0 Å². The van der Waals surface area contributed by atoms with E-state index in [1.165, 1.54) is 0 Å². The second-order valence-electron chi connectivity index (χ2n) is 2.49. The number of halogens is 2. The highest BCUT2D eigenvalue weighted by Gasteiger charge is 2.32. The predicted molar refractivity (Wildman–Crippen MR) is 63.3 cm³/mol. The molecule has 6 heteroatoms. The fraction of sp³-hybridized carbons (Fsp3) is 0.250. The number of hydrogen-bond acceptors (Lipinski definition) is 2. The highest BCUT2D eigenvalue weighted by atomic mass is 79.9. The summed E-state index contributed by atoms with van der Waals surface area (Å²) in [5.41, 5.74) is 0.652. The molecule has 0 fully saturated rings. The van der Waals surface area contributed by atoms with E-state index in [0.717, 1.165) is 0 Å². The third kappa shape index (κ3) is 2.56. The molecule has 0 aromatic heterocycles. The van der Waals surface area contributed by atoms with Crippen LogP contribution in [0, 0.1) is 0 Å². The first-order valence-electron chi connectivity index (χ1n) is 3.62. The van der Waals surface area contributed by atoms with Gasteiger partial charge < -0.3 is 9.29 Å². The van der Waals surface area contributed by atoms with Crippen molar-refractivity contribution in [1.82, 2.24) is 0 Å². The topological polar surface area (TPSA) is 46.5 Å². The van der Waals surface area contributed by atoms with Crippen LogP contribution < -0.4 is 4.74 Å². The van der Waals surface area contributed by atoms with Crippen molar-refractivity contribution >= 4 is 42.9 Å². The van der Waals surface area contributed by atoms with Crippen LogP contribution in [0.4, 0.5) is 0 Å². The molecule has 1 atom stereocenters. The lowest BCUT2D eigenvalue weighted by molar-refractivity contribution is 0.414. The number of methoxy groups -OCH3 is 1. The van der Waals surface area contributed by atoms with Gasteiger partial charge in [0.1, 0.15) is 5.75 Å². The zero-order chi connectivity index (χ0) is 10.8. The Morgan fingerprint density at radius 1 is 1.36 bits per heavy atom. The molecular formula is C8H8Br2O3S. The average Bonchev–Trinajstić information content (AvgIpc) is 2.17. The third-order valence-electron chi connectivity index (χ3n) is 1.65. The minimum atomic E-state index is -2.04. The van der Waals surface area contributed by atoms with E-state index >= 15 is 0 Å². The molecule has 0 aliphatic heterocycles. The zero-order valence-electron chi connectivity index (χ0n) is 7.24. The monoisotopic (exact) mass is 342 g/mol. The van der Waals surface area contributed by atoms with Gasteiger partial charge in [0.2, 0.25) is 2.57 Å². The van der Waals surface area contributed by atoms with Crippen LogP contribution in [0.1, 0.15) is 5.56 Å². The minimum absolute atomic E-state index is 0.652. The van der Waals surface area contributed by atoms with Crippen molar-refractivity contribution in [3.05, 3.63) is 29.8 Å². The Labute approximate surface area is 101 Å². The minimum Gasteiger partial charge on any atom is -0.497 e. The largest absolute Gasteiger partial charge is 0.497 e. The number of rotatable bonds is 3. The standard InChI is InChI=1S/C8H8Br2O3S/c1-13-7-4-2-6(3-5-7)8(9,10)14(11)12/h2-5H,1H3,(H,11,12). The van der Waals surface area contributed by atoms with Crippen molar-refractivity contribution in [2.45, 2.75) is 2.57 Å². The Hall–Kier alpha value is 0.0900. The normalized spacial score (nSPS) is 13.7. The van der Waals surface area contributed by atoms with E-state index in [2.05, 4.69) is 31.9 Å². The van der Waals surface area contributed by atoms with Gasteiger partial charge in [0.15, 0.2) is 11.1 Å². The highest BCUT2D eigenvalue weighted by molar-refractivity contribution is 9.27. The van der Waals surface area contributed by atoms with Gasteiger partial charge in [0, 0.05) is 0 Å². The Balaban J connectivity index is 3.02. The Kier molecular flexibility index (Phi) is 4.12. The molecule has 0 saturated carbocycles. The molecule has 0 aliphatic rings. The summed E-state index contributed by atoms with van der Waals surface area (Å²) in [6, 6.07) is 6.85. The summed E-state index contributed by atoms with van der Waals surface area (Å²) < 4.78 is 23.8. The summed E-state index contributed by atoms with van der Waals surface area (Å²) in [7, 11) is 1.56. The summed E-state index contributed by atoms with van der Waals surface area (Å²) in [5, 5.41) is 0. The SMILES string of the molecule is COc1ccc(C(Br)(Br)S(=O)O)cc1. The van der Waals surface area contributed by atoms with Crippen molar-refractivity contribution in [3.8, 4) is 5.75 Å². The highest BCUT2D eigenvalue weighted by Crippen LogP contribution is 2.41. The summed E-state index contributed by atoms with van der Waals surface area (Å²) >= 11 is 4.21. The lowest BCUT2D eigenvalue weighted by Gasteiger charge is -2.16. The van der Waals surface area contributed by atoms with Gasteiger partial charge in [-0.15, -0.1) is 0 Å². The third-order valence-corrected chi connectivity index (χ3v) is 4.90. The van der Waals surface area contributed by atoms with E-state index in [4.69, 9.17) is 9.29 Å². The van der Waals surface area contributed by atoms with Crippen molar-refractivity contribution < 1.29 is 13.5 Å². The molecule has 14 heavy (non-hydrogen) atoms. The smallest absolute Gasteiger partial charge is 0.205 e. The molecule has 1 aromatic rings. The van der Waals surface area contributed by atoms with E-state index in [1.807, 2.05) is 0 Å². The van der Waals surface area contributed by atoms with Gasteiger partial charge in [0.25, 0.3) is 0 Å². The fourth-order valence-corrected chi connectivity index (χ4v) is 1.75. The maximum atomic E-state index is 11.0. The van der Waals surface area contributed by atoms with Crippen molar-refractivity contribution in [3.63, 3.8) is 0 Å². The quantitative estimate of drug-likeness (QED) is 0.678. The molecule has 0 saturated heterocycles. The predicted octanol–water partition coefficient (Wildman–Crippen LogP) is 2.82. The van der Waals surface area contributed by atoms with Gasteiger partial charge in [0.05, 0.1) is 7.11 Å². The molecule has 0 amide bonds. The van der Waals surface area contributed by atoms with Gasteiger partial charge >= 0.3 is 0 Å². The van der Waals surface area contributed by atoms with Crippen molar-refractivity contribution in [2.24, 2.45) is 0 Å². The molecule has 0 spiro atoms. The van der Waals surface area contributed by atoms with E-state index in [9.17, 15) is 4.21 Å². The van der Waals surface area contributed by atoms with E-state index in [0.29, 0.717) is 11.3 Å². The maximum Gasteiger partial charge on any atom is 0.205 e. The summed E-state index contributed by atoms with van der Waals surface area (Å²) in [5.74, 6) is 0.702. The molecule has 0 radical (unpaired) electrons. The maximum absolute atomic E-state index is 11.0. The first kappa shape index (κ1) is 12.2. The second-order valence-corrected chi connectivity index (χ2v) is 8.10. The van der Waals surface area contributed by atoms with Crippen LogP contribution in [0.2, 0.25) is 0 Å². The molecule has 0 aliphatic carbocycles. The van der Waals surface area contributed by atoms with E-state index in [-0.39, 0.29) is 0 Å². The first-order valence-corrected chi connectivity index (χ1v) is 6.31. The van der Waals surface area contributed by atoms with Crippen LogP contribution in [0.3, 0.4) is 0 Å². The lowest BCUT2D eigenvalue weighted by Crippen LogP contribution is -2.15. The Morgan fingerprint density at radius 2 is 1.86 bits per heavy atom. The molecule has 3 nitrogen and oxygen atoms in total. The van der Waals surface area contributed by atoms with Crippen LogP contribution in [0.25, 0.3) is 0 Å². The number of benzene rings is 1. The van der Waals surface area contributed by atoms with Crippen LogP contribution in [0.15, 0.2) is 24.3 Å². The van der Waals surface area contributed by atoms with Crippen molar-refractivity contribution in [2.75, 3.05) is 7.11 Å². The van der Waals surface area contributed by atoms with Crippen LogP contribution in [-0.2, 0) is 13.6 Å². The number of ether oxygens (including phenoxy) is 1. The van der Waals surface area contributed by atoms with Crippen molar-refractivity contribution in [1.29, 1.82) is 0 Å². The average molecular weight is 344 g/mol. The molecule has 1 rings (SSSR count). The number of hydrogen-bond donors (Lipinski definition) is 1.